The predicted molar refractivity (Wildman–Crippen MR) is 81.5 cm³/mol. The molecule has 1 aromatic carbocycles. The van der Waals surface area contributed by atoms with Crippen LogP contribution in [-0.4, -0.2) is 27.1 Å². The van der Waals surface area contributed by atoms with Gasteiger partial charge in [-0.25, -0.2) is 4.39 Å². The normalized spacial score (nSPS) is 15.5. The van der Waals surface area contributed by atoms with Gasteiger partial charge in [-0.05, 0) is 36.1 Å². The SMILES string of the molecule is CC(CC(=O)N1CCn2nccc2C1)Cc1cccc(F)c1. The Morgan fingerprint density at radius 1 is 1.36 bits per heavy atom. The van der Waals surface area contributed by atoms with Crippen LogP contribution in [0.5, 0.6) is 0 Å². The van der Waals surface area contributed by atoms with Gasteiger partial charge in [-0.2, -0.15) is 5.10 Å². The van der Waals surface area contributed by atoms with Crippen LogP contribution >= 0.6 is 0 Å². The van der Waals surface area contributed by atoms with Crippen molar-refractivity contribution in [3.05, 3.63) is 53.6 Å². The molecule has 1 aromatic heterocycles. The van der Waals surface area contributed by atoms with E-state index < -0.39 is 0 Å². The molecule has 0 fully saturated rings. The first-order chi connectivity index (χ1) is 10.6. The van der Waals surface area contributed by atoms with Gasteiger partial charge in [0.05, 0.1) is 18.8 Å². The lowest BCUT2D eigenvalue weighted by Gasteiger charge is -2.28. The Hall–Kier alpha value is -2.17. The van der Waals surface area contributed by atoms with Gasteiger partial charge in [0, 0.05) is 19.2 Å². The first-order valence-corrected chi connectivity index (χ1v) is 7.65. The molecule has 4 nitrogen and oxygen atoms in total. The average molecular weight is 301 g/mol. The maximum Gasteiger partial charge on any atom is 0.223 e. The van der Waals surface area contributed by atoms with Crippen LogP contribution in [0.3, 0.4) is 0 Å². The van der Waals surface area contributed by atoms with E-state index in [-0.39, 0.29) is 17.6 Å². The molecule has 1 aliphatic heterocycles. The third kappa shape index (κ3) is 3.35. The van der Waals surface area contributed by atoms with E-state index in [4.69, 9.17) is 0 Å². The van der Waals surface area contributed by atoms with E-state index in [1.54, 1.807) is 18.3 Å². The zero-order valence-corrected chi connectivity index (χ0v) is 12.7. The lowest BCUT2D eigenvalue weighted by molar-refractivity contribution is -0.133. The van der Waals surface area contributed by atoms with Gasteiger partial charge in [0.15, 0.2) is 0 Å². The molecule has 0 aliphatic carbocycles. The summed E-state index contributed by atoms with van der Waals surface area (Å²) in [6.07, 6.45) is 2.98. The monoisotopic (exact) mass is 301 g/mol. The molecule has 22 heavy (non-hydrogen) atoms. The van der Waals surface area contributed by atoms with Gasteiger partial charge in [0.25, 0.3) is 0 Å². The molecule has 0 N–H and O–H groups in total. The van der Waals surface area contributed by atoms with E-state index in [2.05, 4.69) is 5.10 Å². The Balaban J connectivity index is 1.55. The highest BCUT2D eigenvalue weighted by molar-refractivity contribution is 5.76. The number of halogens is 1. The third-order valence-corrected chi connectivity index (χ3v) is 4.09. The summed E-state index contributed by atoms with van der Waals surface area (Å²) in [6.45, 7) is 4.13. The van der Waals surface area contributed by atoms with Crippen molar-refractivity contribution in [1.82, 2.24) is 14.7 Å². The van der Waals surface area contributed by atoms with Gasteiger partial charge >= 0.3 is 0 Å². The van der Waals surface area contributed by atoms with Gasteiger partial charge in [0.2, 0.25) is 5.91 Å². The first-order valence-electron chi connectivity index (χ1n) is 7.65. The molecule has 2 aromatic rings. The van der Waals surface area contributed by atoms with E-state index in [0.717, 1.165) is 24.2 Å². The number of carbonyl (C=O) groups is 1. The Morgan fingerprint density at radius 2 is 2.23 bits per heavy atom. The van der Waals surface area contributed by atoms with Crippen LogP contribution < -0.4 is 0 Å². The van der Waals surface area contributed by atoms with Gasteiger partial charge in [0.1, 0.15) is 5.82 Å². The fraction of sp³-hybridized carbons (Fsp3) is 0.412. The largest absolute Gasteiger partial charge is 0.335 e. The molecule has 0 saturated carbocycles. The summed E-state index contributed by atoms with van der Waals surface area (Å²) in [4.78, 5) is 14.3. The zero-order chi connectivity index (χ0) is 15.5. The Morgan fingerprint density at radius 3 is 3.05 bits per heavy atom. The fourth-order valence-electron chi connectivity index (χ4n) is 2.96. The summed E-state index contributed by atoms with van der Waals surface area (Å²) in [7, 11) is 0. The number of benzene rings is 1. The highest BCUT2D eigenvalue weighted by Crippen LogP contribution is 2.17. The third-order valence-electron chi connectivity index (χ3n) is 4.09. The minimum Gasteiger partial charge on any atom is -0.335 e. The molecule has 0 bridgehead atoms. The molecule has 3 rings (SSSR count). The summed E-state index contributed by atoms with van der Waals surface area (Å²) in [5.41, 5.74) is 2.02. The van der Waals surface area contributed by atoms with Gasteiger partial charge in [-0.1, -0.05) is 19.1 Å². The van der Waals surface area contributed by atoms with E-state index >= 15 is 0 Å². The van der Waals surface area contributed by atoms with E-state index in [1.165, 1.54) is 6.07 Å². The maximum atomic E-state index is 13.2. The number of aromatic nitrogens is 2. The van der Waals surface area contributed by atoms with E-state index in [0.29, 0.717) is 19.5 Å². The second kappa shape index (κ2) is 6.30. The first kappa shape index (κ1) is 14.8. The van der Waals surface area contributed by atoms with Crippen molar-refractivity contribution in [3.63, 3.8) is 0 Å². The molecule has 5 heteroatoms. The van der Waals surface area contributed by atoms with Crippen LogP contribution in [0.2, 0.25) is 0 Å². The summed E-state index contributed by atoms with van der Waals surface area (Å²) < 4.78 is 15.1. The van der Waals surface area contributed by atoms with Crippen molar-refractivity contribution in [2.45, 2.75) is 32.9 Å². The van der Waals surface area contributed by atoms with Crippen molar-refractivity contribution in [3.8, 4) is 0 Å². The number of hydrogen-bond acceptors (Lipinski definition) is 2. The average Bonchev–Trinajstić information content (AvgIpc) is 2.94. The van der Waals surface area contributed by atoms with Gasteiger partial charge in [-0.3, -0.25) is 9.48 Å². The van der Waals surface area contributed by atoms with Crippen LogP contribution in [0.4, 0.5) is 4.39 Å². The molecular formula is C17H20FN3O. The van der Waals surface area contributed by atoms with Crippen molar-refractivity contribution >= 4 is 5.91 Å². The number of nitrogens with zero attached hydrogens (tertiary/aromatic N) is 3. The molecule has 2 heterocycles. The lowest BCUT2D eigenvalue weighted by atomic mass is 9.97. The molecule has 1 amide bonds. The fourth-order valence-corrected chi connectivity index (χ4v) is 2.96. The quantitative estimate of drug-likeness (QED) is 0.870. The highest BCUT2D eigenvalue weighted by Gasteiger charge is 2.22. The molecular weight excluding hydrogens is 281 g/mol. The maximum absolute atomic E-state index is 13.2. The Labute approximate surface area is 129 Å². The second-order valence-corrected chi connectivity index (χ2v) is 6.00. The summed E-state index contributed by atoms with van der Waals surface area (Å²) in [5.74, 6) is 0.137. The second-order valence-electron chi connectivity index (χ2n) is 6.00. The smallest absolute Gasteiger partial charge is 0.223 e. The lowest BCUT2D eigenvalue weighted by Crippen LogP contribution is -2.39. The predicted octanol–water partition coefficient (Wildman–Crippen LogP) is 2.63. The van der Waals surface area contributed by atoms with Crippen LogP contribution in [0.15, 0.2) is 36.5 Å². The number of fused-ring (bicyclic) bond motifs is 1. The van der Waals surface area contributed by atoms with Crippen molar-refractivity contribution in [2.75, 3.05) is 6.54 Å². The minimum absolute atomic E-state index is 0.163. The highest BCUT2D eigenvalue weighted by atomic mass is 19.1. The number of amides is 1. The topological polar surface area (TPSA) is 38.1 Å². The minimum atomic E-state index is -0.222. The number of rotatable bonds is 4. The summed E-state index contributed by atoms with van der Waals surface area (Å²) >= 11 is 0. The Bertz CT molecular complexity index is 667. The number of hydrogen-bond donors (Lipinski definition) is 0. The number of carbonyl (C=O) groups excluding carboxylic acids is 1. The molecule has 116 valence electrons. The van der Waals surface area contributed by atoms with E-state index in [1.807, 2.05) is 28.6 Å². The molecule has 1 aliphatic rings. The Kier molecular flexibility index (Phi) is 4.22. The zero-order valence-electron chi connectivity index (χ0n) is 12.7. The molecule has 1 atom stereocenters. The van der Waals surface area contributed by atoms with Crippen LogP contribution in [-0.2, 0) is 24.3 Å². The van der Waals surface area contributed by atoms with Crippen LogP contribution in [0.25, 0.3) is 0 Å². The summed E-state index contributed by atoms with van der Waals surface area (Å²) in [5, 5.41) is 4.22. The van der Waals surface area contributed by atoms with Crippen molar-refractivity contribution < 1.29 is 9.18 Å². The van der Waals surface area contributed by atoms with Gasteiger partial charge < -0.3 is 4.90 Å². The van der Waals surface area contributed by atoms with E-state index in [9.17, 15) is 9.18 Å². The summed E-state index contributed by atoms with van der Waals surface area (Å²) in [6, 6.07) is 8.56. The van der Waals surface area contributed by atoms with Crippen LogP contribution in [0, 0.1) is 11.7 Å². The molecule has 1 unspecified atom stereocenters. The molecule has 0 radical (unpaired) electrons. The van der Waals surface area contributed by atoms with Crippen molar-refractivity contribution in [2.24, 2.45) is 5.92 Å². The molecule has 0 saturated heterocycles. The molecule has 0 spiro atoms. The van der Waals surface area contributed by atoms with Crippen LogP contribution in [0.1, 0.15) is 24.6 Å². The van der Waals surface area contributed by atoms with Gasteiger partial charge in [-0.15, -0.1) is 0 Å². The standard InChI is InChI=1S/C17H20FN3O/c1-13(9-14-3-2-4-15(18)11-14)10-17(22)20-7-8-21-16(12-20)5-6-19-21/h2-6,11,13H,7-10,12H2,1H3. The van der Waals surface area contributed by atoms with Crippen molar-refractivity contribution in [1.29, 1.82) is 0 Å².